The standard InChI is InChI=1S/C16H21BrN2O2/c1-5-16(4)13(20)18-15(2,3)14(21)19(16)10-11-7-6-8-12(17)9-11/h6-9H,5,10H2,1-4H3,(H,18,20). The quantitative estimate of drug-likeness (QED) is 0.909. The van der Waals surface area contributed by atoms with Crippen LogP contribution in [0.2, 0.25) is 0 Å². The molecular formula is C16H21BrN2O2. The van der Waals surface area contributed by atoms with Crippen molar-refractivity contribution in [2.45, 2.75) is 51.7 Å². The highest BCUT2D eigenvalue weighted by atomic mass is 79.9. The van der Waals surface area contributed by atoms with Gasteiger partial charge in [0.1, 0.15) is 11.1 Å². The summed E-state index contributed by atoms with van der Waals surface area (Å²) in [5, 5.41) is 2.83. The summed E-state index contributed by atoms with van der Waals surface area (Å²) in [6.07, 6.45) is 0.578. The van der Waals surface area contributed by atoms with E-state index in [1.807, 2.05) is 38.1 Å². The van der Waals surface area contributed by atoms with Crippen molar-refractivity contribution < 1.29 is 9.59 Å². The monoisotopic (exact) mass is 352 g/mol. The Labute approximate surface area is 134 Å². The van der Waals surface area contributed by atoms with E-state index in [4.69, 9.17) is 0 Å². The van der Waals surface area contributed by atoms with Crippen molar-refractivity contribution in [3.63, 3.8) is 0 Å². The number of hydrogen-bond donors (Lipinski definition) is 1. The highest BCUT2D eigenvalue weighted by Gasteiger charge is 2.51. The van der Waals surface area contributed by atoms with Crippen molar-refractivity contribution in [1.82, 2.24) is 10.2 Å². The number of halogens is 1. The van der Waals surface area contributed by atoms with Crippen molar-refractivity contribution in [2.75, 3.05) is 0 Å². The van der Waals surface area contributed by atoms with Gasteiger partial charge in [-0.3, -0.25) is 9.59 Å². The number of carbonyl (C=O) groups is 2. The first kappa shape index (κ1) is 16.0. The number of hydrogen-bond acceptors (Lipinski definition) is 2. The molecule has 1 unspecified atom stereocenters. The van der Waals surface area contributed by atoms with Crippen molar-refractivity contribution in [3.8, 4) is 0 Å². The Balaban J connectivity index is 2.40. The van der Waals surface area contributed by atoms with Crippen molar-refractivity contribution >= 4 is 27.7 Å². The third-order valence-corrected chi connectivity index (χ3v) is 4.70. The van der Waals surface area contributed by atoms with Crippen LogP contribution in [0.3, 0.4) is 0 Å². The molecule has 1 aliphatic heterocycles. The van der Waals surface area contributed by atoms with Gasteiger partial charge in [0.15, 0.2) is 0 Å². The van der Waals surface area contributed by atoms with Crippen LogP contribution in [0.15, 0.2) is 28.7 Å². The Morgan fingerprint density at radius 1 is 1.24 bits per heavy atom. The van der Waals surface area contributed by atoms with Gasteiger partial charge in [0, 0.05) is 11.0 Å². The van der Waals surface area contributed by atoms with Crippen LogP contribution in [0, 0.1) is 0 Å². The Morgan fingerprint density at radius 2 is 1.90 bits per heavy atom. The number of amides is 2. The van der Waals surface area contributed by atoms with Crippen LogP contribution in [0.4, 0.5) is 0 Å². The number of piperazine rings is 1. The lowest BCUT2D eigenvalue weighted by Gasteiger charge is -2.49. The second kappa shape index (κ2) is 5.44. The van der Waals surface area contributed by atoms with E-state index < -0.39 is 11.1 Å². The van der Waals surface area contributed by atoms with E-state index in [1.54, 1.807) is 18.7 Å². The van der Waals surface area contributed by atoms with Crippen LogP contribution in [-0.2, 0) is 16.1 Å². The number of carbonyl (C=O) groups excluding carboxylic acids is 2. The normalized spacial score (nSPS) is 24.9. The van der Waals surface area contributed by atoms with Crippen LogP contribution in [0.25, 0.3) is 0 Å². The molecule has 0 spiro atoms. The molecule has 1 heterocycles. The lowest BCUT2D eigenvalue weighted by atomic mass is 9.86. The highest BCUT2D eigenvalue weighted by molar-refractivity contribution is 9.10. The predicted octanol–water partition coefficient (Wildman–Crippen LogP) is 2.85. The van der Waals surface area contributed by atoms with Gasteiger partial charge in [-0.05, 0) is 44.9 Å². The lowest BCUT2D eigenvalue weighted by Crippen LogP contribution is -2.72. The van der Waals surface area contributed by atoms with Gasteiger partial charge >= 0.3 is 0 Å². The third-order valence-electron chi connectivity index (χ3n) is 4.21. The summed E-state index contributed by atoms with van der Waals surface area (Å²) >= 11 is 3.44. The number of nitrogens with zero attached hydrogens (tertiary/aromatic N) is 1. The molecule has 1 N–H and O–H groups in total. The van der Waals surface area contributed by atoms with Gasteiger partial charge in [0.25, 0.3) is 0 Å². The van der Waals surface area contributed by atoms with Crippen molar-refractivity contribution in [1.29, 1.82) is 0 Å². The molecule has 0 aliphatic carbocycles. The molecule has 2 amide bonds. The van der Waals surface area contributed by atoms with Gasteiger partial charge < -0.3 is 10.2 Å². The van der Waals surface area contributed by atoms with E-state index in [0.29, 0.717) is 13.0 Å². The van der Waals surface area contributed by atoms with Crippen LogP contribution in [-0.4, -0.2) is 27.8 Å². The molecule has 1 atom stereocenters. The summed E-state index contributed by atoms with van der Waals surface area (Å²) in [7, 11) is 0. The third kappa shape index (κ3) is 2.84. The van der Waals surface area contributed by atoms with Gasteiger partial charge in [-0.1, -0.05) is 35.0 Å². The highest BCUT2D eigenvalue weighted by Crippen LogP contribution is 2.30. The molecule has 1 aromatic carbocycles. The Hall–Kier alpha value is -1.36. The summed E-state index contributed by atoms with van der Waals surface area (Å²) in [6, 6.07) is 7.82. The predicted molar refractivity (Wildman–Crippen MR) is 85.6 cm³/mol. The van der Waals surface area contributed by atoms with Gasteiger partial charge in [-0.25, -0.2) is 0 Å². The minimum Gasteiger partial charge on any atom is -0.340 e. The fraction of sp³-hybridized carbons (Fsp3) is 0.500. The van der Waals surface area contributed by atoms with Crippen LogP contribution >= 0.6 is 15.9 Å². The maximum atomic E-state index is 12.8. The molecule has 4 nitrogen and oxygen atoms in total. The summed E-state index contributed by atoms with van der Waals surface area (Å²) in [6.45, 7) is 7.68. The van der Waals surface area contributed by atoms with E-state index in [-0.39, 0.29) is 11.8 Å². The fourth-order valence-corrected chi connectivity index (χ4v) is 3.02. The summed E-state index contributed by atoms with van der Waals surface area (Å²) < 4.78 is 0.964. The molecule has 5 heteroatoms. The first-order valence-corrected chi connectivity index (χ1v) is 7.89. The second-order valence-corrected chi connectivity index (χ2v) is 7.14. The molecule has 21 heavy (non-hydrogen) atoms. The fourth-order valence-electron chi connectivity index (χ4n) is 2.57. The van der Waals surface area contributed by atoms with E-state index >= 15 is 0 Å². The minimum absolute atomic E-state index is 0.0496. The summed E-state index contributed by atoms with van der Waals surface area (Å²) in [5.41, 5.74) is -0.671. The second-order valence-electron chi connectivity index (χ2n) is 6.23. The van der Waals surface area contributed by atoms with Gasteiger partial charge in [-0.2, -0.15) is 0 Å². The topological polar surface area (TPSA) is 49.4 Å². The molecule has 0 radical (unpaired) electrons. The van der Waals surface area contributed by atoms with Crippen LogP contribution < -0.4 is 5.32 Å². The zero-order chi connectivity index (χ0) is 15.8. The molecule has 1 fully saturated rings. The van der Waals surface area contributed by atoms with E-state index in [0.717, 1.165) is 10.0 Å². The van der Waals surface area contributed by atoms with Crippen LogP contribution in [0.5, 0.6) is 0 Å². The average molecular weight is 353 g/mol. The molecule has 2 rings (SSSR count). The van der Waals surface area contributed by atoms with Crippen molar-refractivity contribution in [2.24, 2.45) is 0 Å². The molecule has 1 aromatic rings. The first-order chi connectivity index (χ1) is 9.70. The molecule has 0 saturated carbocycles. The smallest absolute Gasteiger partial charge is 0.248 e. The molecule has 114 valence electrons. The molecule has 1 saturated heterocycles. The Bertz CT molecular complexity index is 585. The van der Waals surface area contributed by atoms with Gasteiger partial charge in [-0.15, -0.1) is 0 Å². The maximum Gasteiger partial charge on any atom is 0.248 e. The van der Waals surface area contributed by atoms with Gasteiger partial charge in [0.05, 0.1) is 0 Å². The first-order valence-electron chi connectivity index (χ1n) is 7.10. The number of rotatable bonds is 3. The zero-order valence-corrected chi connectivity index (χ0v) is 14.5. The van der Waals surface area contributed by atoms with E-state index in [9.17, 15) is 9.59 Å². The molecular weight excluding hydrogens is 332 g/mol. The lowest BCUT2D eigenvalue weighted by molar-refractivity contribution is -0.161. The summed E-state index contributed by atoms with van der Waals surface area (Å²) in [5.74, 6) is -0.143. The molecule has 0 bridgehead atoms. The average Bonchev–Trinajstić information content (AvgIpc) is 2.41. The van der Waals surface area contributed by atoms with Crippen molar-refractivity contribution in [3.05, 3.63) is 34.3 Å². The summed E-state index contributed by atoms with van der Waals surface area (Å²) in [4.78, 5) is 26.9. The zero-order valence-electron chi connectivity index (χ0n) is 12.9. The number of benzene rings is 1. The minimum atomic E-state index is -0.863. The molecule has 0 aromatic heterocycles. The largest absolute Gasteiger partial charge is 0.340 e. The molecule has 1 aliphatic rings. The maximum absolute atomic E-state index is 12.8. The van der Waals surface area contributed by atoms with E-state index in [1.165, 1.54) is 0 Å². The van der Waals surface area contributed by atoms with Crippen LogP contribution in [0.1, 0.15) is 39.7 Å². The van der Waals surface area contributed by atoms with Gasteiger partial charge in [0.2, 0.25) is 11.8 Å². The van der Waals surface area contributed by atoms with E-state index in [2.05, 4.69) is 21.2 Å². The SMILES string of the molecule is CCC1(C)C(=O)NC(C)(C)C(=O)N1Cc1cccc(Br)c1. The number of nitrogens with one attached hydrogen (secondary N) is 1. The Kier molecular flexibility index (Phi) is 4.15. The Morgan fingerprint density at radius 3 is 2.48 bits per heavy atom.